The highest BCUT2D eigenvalue weighted by Gasteiger charge is 2.18. The molecule has 0 aliphatic carbocycles. The summed E-state index contributed by atoms with van der Waals surface area (Å²) in [5.74, 6) is -1.02. The number of hydrogen-bond donors (Lipinski definition) is 3. The predicted molar refractivity (Wildman–Crippen MR) is 69.7 cm³/mol. The molecule has 5 heteroatoms. The number of urea groups is 1. The van der Waals surface area contributed by atoms with E-state index in [1.165, 1.54) is 0 Å². The van der Waals surface area contributed by atoms with Gasteiger partial charge >= 0.3 is 12.0 Å². The van der Waals surface area contributed by atoms with Gasteiger partial charge in [0, 0.05) is 5.69 Å². The van der Waals surface area contributed by atoms with Crippen LogP contribution < -0.4 is 10.6 Å². The Morgan fingerprint density at radius 1 is 1.33 bits per heavy atom. The molecular weight excluding hydrogens is 232 g/mol. The van der Waals surface area contributed by atoms with Gasteiger partial charge in [-0.3, -0.25) is 0 Å². The minimum Gasteiger partial charge on any atom is -0.480 e. The number of amides is 2. The van der Waals surface area contributed by atoms with Crippen LogP contribution in [0.1, 0.15) is 25.3 Å². The van der Waals surface area contributed by atoms with Gasteiger partial charge in [0.25, 0.3) is 0 Å². The maximum absolute atomic E-state index is 11.7. The number of hydrogen-bond acceptors (Lipinski definition) is 2. The van der Waals surface area contributed by atoms with Crippen molar-refractivity contribution >= 4 is 17.7 Å². The number of benzene rings is 1. The number of carboxylic acids is 1. The first kappa shape index (κ1) is 14.0. The number of carbonyl (C=O) groups is 2. The first-order chi connectivity index (χ1) is 8.54. The molecule has 0 aliphatic rings. The molecule has 0 heterocycles. The van der Waals surface area contributed by atoms with Gasteiger partial charge in [0.1, 0.15) is 6.04 Å². The van der Waals surface area contributed by atoms with E-state index in [0.29, 0.717) is 18.5 Å². The molecule has 1 aromatic rings. The van der Waals surface area contributed by atoms with Crippen molar-refractivity contribution in [3.63, 3.8) is 0 Å². The van der Waals surface area contributed by atoms with E-state index in [9.17, 15) is 9.59 Å². The van der Waals surface area contributed by atoms with Crippen LogP contribution >= 0.6 is 0 Å². The van der Waals surface area contributed by atoms with Crippen LogP contribution in [0.3, 0.4) is 0 Å². The molecule has 0 aliphatic heterocycles. The lowest BCUT2D eigenvalue weighted by molar-refractivity contribution is -0.139. The number of anilines is 1. The van der Waals surface area contributed by atoms with Crippen molar-refractivity contribution in [3.05, 3.63) is 29.8 Å². The third-order valence-electron chi connectivity index (χ3n) is 2.57. The van der Waals surface area contributed by atoms with Crippen molar-refractivity contribution in [3.8, 4) is 0 Å². The van der Waals surface area contributed by atoms with E-state index in [0.717, 1.165) is 5.56 Å². The second-order valence-corrected chi connectivity index (χ2v) is 4.09. The molecule has 98 valence electrons. The fourth-order valence-corrected chi connectivity index (χ4v) is 1.58. The fraction of sp³-hybridized carbons (Fsp3) is 0.385. The normalized spacial score (nSPS) is 11.7. The Balaban J connectivity index is 2.61. The zero-order chi connectivity index (χ0) is 13.5. The molecule has 0 saturated heterocycles. The third kappa shape index (κ3) is 4.08. The average molecular weight is 250 g/mol. The zero-order valence-electron chi connectivity index (χ0n) is 10.6. The van der Waals surface area contributed by atoms with Gasteiger partial charge in [0.05, 0.1) is 0 Å². The van der Waals surface area contributed by atoms with Crippen LogP contribution in [0.2, 0.25) is 0 Å². The number of para-hydroxylation sites is 1. The first-order valence-corrected chi connectivity index (χ1v) is 5.90. The Hall–Kier alpha value is -2.04. The number of nitrogens with one attached hydrogen (secondary N) is 2. The number of carbonyl (C=O) groups excluding carboxylic acids is 1. The largest absolute Gasteiger partial charge is 0.480 e. The molecule has 1 aromatic carbocycles. The Kier molecular flexibility index (Phi) is 5.17. The summed E-state index contributed by atoms with van der Waals surface area (Å²) in [6.07, 6.45) is 1.11. The van der Waals surface area contributed by atoms with Gasteiger partial charge in [0.2, 0.25) is 0 Å². The number of aryl methyl sites for hydroxylation is 1. The van der Waals surface area contributed by atoms with E-state index < -0.39 is 18.0 Å². The lowest BCUT2D eigenvalue weighted by atomic mass is 10.2. The Morgan fingerprint density at radius 3 is 2.56 bits per heavy atom. The summed E-state index contributed by atoms with van der Waals surface area (Å²) in [6.45, 7) is 3.74. The van der Waals surface area contributed by atoms with Crippen molar-refractivity contribution in [1.82, 2.24) is 5.32 Å². The summed E-state index contributed by atoms with van der Waals surface area (Å²) >= 11 is 0. The second kappa shape index (κ2) is 6.64. The van der Waals surface area contributed by atoms with Gasteiger partial charge in [0.15, 0.2) is 0 Å². The van der Waals surface area contributed by atoms with Gasteiger partial charge in [-0.05, 0) is 25.0 Å². The minimum atomic E-state index is -1.02. The van der Waals surface area contributed by atoms with Crippen LogP contribution in [-0.2, 0) is 4.79 Å². The Morgan fingerprint density at radius 2 is 2.00 bits per heavy atom. The fourth-order valence-electron chi connectivity index (χ4n) is 1.58. The first-order valence-electron chi connectivity index (χ1n) is 5.90. The molecule has 0 spiro atoms. The summed E-state index contributed by atoms with van der Waals surface area (Å²) < 4.78 is 0. The number of rotatable bonds is 5. The van der Waals surface area contributed by atoms with Crippen molar-refractivity contribution in [2.75, 3.05) is 5.32 Å². The molecule has 2 amide bonds. The van der Waals surface area contributed by atoms with Crippen molar-refractivity contribution in [2.45, 2.75) is 32.7 Å². The smallest absolute Gasteiger partial charge is 0.326 e. The molecule has 0 unspecified atom stereocenters. The van der Waals surface area contributed by atoms with E-state index in [4.69, 9.17) is 5.11 Å². The van der Waals surface area contributed by atoms with Crippen LogP contribution in [0.15, 0.2) is 24.3 Å². The molecule has 5 nitrogen and oxygen atoms in total. The molecule has 0 saturated carbocycles. The highest BCUT2D eigenvalue weighted by Crippen LogP contribution is 2.12. The van der Waals surface area contributed by atoms with Crippen LogP contribution in [0.5, 0.6) is 0 Å². The molecule has 1 rings (SSSR count). The average Bonchev–Trinajstić information content (AvgIpc) is 2.31. The number of carboxylic acid groups (broad SMARTS) is 1. The van der Waals surface area contributed by atoms with E-state index in [1.54, 1.807) is 6.07 Å². The van der Waals surface area contributed by atoms with Crippen molar-refractivity contribution in [2.24, 2.45) is 0 Å². The monoisotopic (exact) mass is 250 g/mol. The van der Waals surface area contributed by atoms with Crippen molar-refractivity contribution < 1.29 is 14.7 Å². The minimum absolute atomic E-state index is 0.413. The summed E-state index contributed by atoms with van der Waals surface area (Å²) in [5, 5.41) is 14.0. The Labute approximate surface area is 106 Å². The maximum Gasteiger partial charge on any atom is 0.326 e. The van der Waals surface area contributed by atoms with Gasteiger partial charge < -0.3 is 15.7 Å². The predicted octanol–water partition coefficient (Wildman–Crippen LogP) is 2.37. The topological polar surface area (TPSA) is 78.4 Å². The van der Waals surface area contributed by atoms with Crippen molar-refractivity contribution in [1.29, 1.82) is 0 Å². The quantitative estimate of drug-likeness (QED) is 0.750. The second-order valence-electron chi connectivity index (χ2n) is 4.09. The zero-order valence-corrected chi connectivity index (χ0v) is 10.6. The number of aliphatic carboxylic acids is 1. The van der Waals surface area contributed by atoms with Crippen LogP contribution in [0.25, 0.3) is 0 Å². The molecular formula is C13H18N2O3. The van der Waals surface area contributed by atoms with Gasteiger partial charge in [-0.2, -0.15) is 0 Å². The highest BCUT2D eigenvalue weighted by atomic mass is 16.4. The third-order valence-corrected chi connectivity index (χ3v) is 2.57. The van der Waals surface area contributed by atoms with Gasteiger partial charge in [-0.1, -0.05) is 31.5 Å². The van der Waals surface area contributed by atoms with Crippen LogP contribution in [0.4, 0.5) is 10.5 Å². The van der Waals surface area contributed by atoms with E-state index in [1.807, 2.05) is 32.0 Å². The van der Waals surface area contributed by atoms with E-state index >= 15 is 0 Å². The molecule has 0 bridgehead atoms. The Bertz CT molecular complexity index is 432. The lowest BCUT2D eigenvalue weighted by Crippen LogP contribution is -2.42. The highest BCUT2D eigenvalue weighted by molar-refractivity contribution is 5.92. The SMILES string of the molecule is CCC[C@@H](NC(=O)Nc1ccccc1C)C(=O)O. The summed E-state index contributed by atoms with van der Waals surface area (Å²) in [5.41, 5.74) is 1.60. The summed E-state index contributed by atoms with van der Waals surface area (Å²) in [7, 11) is 0. The molecule has 0 aromatic heterocycles. The molecule has 0 radical (unpaired) electrons. The van der Waals surface area contributed by atoms with E-state index in [2.05, 4.69) is 10.6 Å². The summed E-state index contributed by atoms with van der Waals surface area (Å²) in [6, 6.07) is 5.98. The molecule has 1 atom stereocenters. The van der Waals surface area contributed by atoms with Crippen LogP contribution in [0, 0.1) is 6.92 Å². The molecule has 3 N–H and O–H groups in total. The van der Waals surface area contributed by atoms with E-state index in [-0.39, 0.29) is 0 Å². The maximum atomic E-state index is 11.7. The van der Waals surface area contributed by atoms with Gasteiger partial charge in [-0.15, -0.1) is 0 Å². The molecule has 18 heavy (non-hydrogen) atoms. The lowest BCUT2D eigenvalue weighted by Gasteiger charge is -2.15. The van der Waals surface area contributed by atoms with Gasteiger partial charge in [-0.25, -0.2) is 9.59 Å². The van der Waals surface area contributed by atoms with Crippen LogP contribution in [-0.4, -0.2) is 23.1 Å². The summed E-state index contributed by atoms with van der Waals surface area (Å²) in [4.78, 5) is 22.6. The standard InChI is InChI=1S/C13H18N2O3/c1-3-6-11(12(16)17)15-13(18)14-10-8-5-4-7-9(10)2/h4-5,7-8,11H,3,6H2,1-2H3,(H,16,17)(H2,14,15,18)/t11-/m1/s1. The molecule has 0 fully saturated rings.